The number of hydrogen-bond acceptors (Lipinski definition) is 3. The van der Waals surface area contributed by atoms with E-state index in [1.54, 1.807) is 12.1 Å². The molecular weight excluding hydrogens is 344 g/mol. The molecule has 4 nitrogen and oxygen atoms in total. The Labute approximate surface area is 149 Å². The van der Waals surface area contributed by atoms with E-state index in [4.69, 9.17) is 11.6 Å². The van der Waals surface area contributed by atoms with Gasteiger partial charge in [-0.15, -0.1) is 0 Å². The van der Waals surface area contributed by atoms with E-state index in [9.17, 15) is 9.59 Å². The summed E-state index contributed by atoms with van der Waals surface area (Å²) in [7, 11) is 0. The van der Waals surface area contributed by atoms with Crippen molar-refractivity contribution in [3.63, 3.8) is 0 Å². The second kappa shape index (κ2) is 7.64. The molecule has 0 radical (unpaired) electrons. The van der Waals surface area contributed by atoms with E-state index in [1.165, 1.54) is 11.8 Å². The summed E-state index contributed by atoms with van der Waals surface area (Å²) < 4.78 is 0. The molecule has 1 heterocycles. The fraction of sp³-hybridized carbons (Fsp3) is 0.167. The van der Waals surface area contributed by atoms with Gasteiger partial charge in [0.1, 0.15) is 5.25 Å². The van der Waals surface area contributed by atoms with Crippen molar-refractivity contribution in [2.75, 3.05) is 5.32 Å². The van der Waals surface area contributed by atoms with Gasteiger partial charge in [0.25, 0.3) is 5.91 Å². The molecule has 0 unspecified atom stereocenters. The van der Waals surface area contributed by atoms with Gasteiger partial charge in [0, 0.05) is 23.6 Å². The van der Waals surface area contributed by atoms with Gasteiger partial charge in [-0.25, -0.2) is 4.99 Å². The van der Waals surface area contributed by atoms with E-state index in [2.05, 4.69) is 10.3 Å². The maximum Gasteiger partial charge on any atom is 0.260 e. The van der Waals surface area contributed by atoms with Crippen LogP contribution in [0, 0.1) is 0 Å². The lowest BCUT2D eigenvalue weighted by molar-refractivity contribution is -0.121. The first-order valence-corrected chi connectivity index (χ1v) is 8.74. The van der Waals surface area contributed by atoms with E-state index in [1.807, 2.05) is 42.5 Å². The Morgan fingerprint density at radius 2 is 1.83 bits per heavy atom. The zero-order valence-corrected chi connectivity index (χ0v) is 14.3. The number of carbonyl (C=O) groups is 2. The second-order valence-electron chi connectivity index (χ2n) is 5.34. The smallest absolute Gasteiger partial charge is 0.260 e. The summed E-state index contributed by atoms with van der Waals surface area (Å²) in [5.74, 6) is -0.452. The second-order valence-corrected chi connectivity index (χ2v) is 7.02. The van der Waals surface area contributed by atoms with Crippen molar-refractivity contribution in [3.8, 4) is 0 Å². The lowest BCUT2D eigenvalue weighted by Gasteiger charge is -2.08. The molecular formula is C18H15ClN2O2S. The maximum absolute atomic E-state index is 12.1. The van der Waals surface area contributed by atoms with Crippen LogP contribution in [0.15, 0.2) is 59.6 Å². The predicted octanol–water partition coefficient (Wildman–Crippen LogP) is 3.95. The van der Waals surface area contributed by atoms with Crippen molar-refractivity contribution < 1.29 is 9.59 Å². The van der Waals surface area contributed by atoms with Gasteiger partial charge in [-0.05, 0) is 23.8 Å². The topological polar surface area (TPSA) is 58.5 Å². The fourth-order valence-corrected chi connectivity index (χ4v) is 3.65. The number of rotatable bonds is 5. The van der Waals surface area contributed by atoms with E-state index in [-0.39, 0.29) is 18.2 Å². The number of thioether (sulfide) groups is 1. The first-order chi connectivity index (χ1) is 11.6. The van der Waals surface area contributed by atoms with Gasteiger partial charge in [0.15, 0.2) is 0 Å². The molecule has 2 amide bonds. The first kappa shape index (κ1) is 16.7. The number of hydrogen-bond donors (Lipinski definition) is 1. The summed E-state index contributed by atoms with van der Waals surface area (Å²) in [5, 5.41) is 3.67. The minimum Gasteiger partial charge on any atom is -0.326 e. The van der Waals surface area contributed by atoms with E-state index >= 15 is 0 Å². The molecule has 122 valence electrons. The van der Waals surface area contributed by atoms with Crippen LogP contribution in [-0.2, 0) is 16.0 Å². The third-order valence-corrected chi connectivity index (χ3v) is 5.05. The lowest BCUT2D eigenvalue weighted by Crippen LogP contribution is -2.21. The first-order valence-electron chi connectivity index (χ1n) is 7.48. The predicted molar refractivity (Wildman–Crippen MR) is 98.7 cm³/mol. The van der Waals surface area contributed by atoms with Crippen LogP contribution in [0.3, 0.4) is 0 Å². The summed E-state index contributed by atoms with van der Waals surface area (Å²) >= 11 is 7.48. The zero-order chi connectivity index (χ0) is 16.9. The molecule has 2 aromatic carbocycles. The normalized spacial score (nSPS) is 16.8. The molecule has 1 aliphatic heterocycles. The number of carbonyl (C=O) groups excluding carboxylic acids is 2. The number of halogens is 1. The Morgan fingerprint density at radius 3 is 2.58 bits per heavy atom. The fourth-order valence-electron chi connectivity index (χ4n) is 2.35. The lowest BCUT2D eigenvalue weighted by atomic mass is 10.2. The Bertz CT molecular complexity index is 793. The number of nitrogens with one attached hydrogen (secondary N) is 1. The molecule has 0 saturated carbocycles. The Balaban J connectivity index is 1.57. The SMILES string of the molecule is O=C(C[C@H]1SC(Cc2ccccc2Cl)=NC1=O)Nc1ccccc1. The standard InChI is InChI=1S/C18H15ClN2O2S/c19-14-9-5-4-6-12(14)10-17-21-18(23)15(24-17)11-16(22)20-13-7-2-1-3-8-13/h1-9,15H,10-11H2,(H,20,22)/t15-/m1/s1. The number of amides is 2. The van der Waals surface area contributed by atoms with Gasteiger partial charge in [-0.2, -0.15) is 0 Å². The summed E-state index contributed by atoms with van der Waals surface area (Å²) in [6.45, 7) is 0. The van der Waals surface area contributed by atoms with Crippen LogP contribution in [0.2, 0.25) is 5.02 Å². The van der Waals surface area contributed by atoms with Gasteiger partial charge >= 0.3 is 0 Å². The molecule has 2 aromatic rings. The quantitative estimate of drug-likeness (QED) is 0.880. The number of para-hydroxylation sites is 1. The summed E-state index contributed by atoms with van der Waals surface area (Å²) in [4.78, 5) is 28.2. The average Bonchev–Trinajstić information content (AvgIpc) is 2.90. The van der Waals surface area contributed by atoms with E-state index < -0.39 is 5.25 Å². The molecule has 0 aliphatic carbocycles. The maximum atomic E-state index is 12.1. The van der Waals surface area contributed by atoms with Crippen LogP contribution in [0.25, 0.3) is 0 Å². The molecule has 0 spiro atoms. The minimum absolute atomic E-state index is 0.105. The van der Waals surface area contributed by atoms with E-state index in [0.717, 1.165) is 11.3 Å². The highest BCUT2D eigenvalue weighted by Gasteiger charge is 2.30. The summed E-state index contributed by atoms with van der Waals surface area (Å²) in [6, 6.07) is 16.6. The van der Waals surface area contributed by atoms with Crippen LogP contribution < -0.4 is 5.32 Å². The van der Waals surface area contributed by atoms with E-state index in [0.29, 0.717) is 16.5 Å². The number of anilines is 1. The van der Waals surface area contributed by atoms with Crippen molar-refractivity contribution in [1.29, 1.82) is 0 Å². The van der Waals surface area contributed by atoms with Crippen molar-refractivity contribution in [3.05, 3.63) is 65.2 Å². The highest BCUT2D eigenvalue weighted by molar-refractivity contribution is 8.15. The third-order valence-electron chi connectivity index (χ3n) is 3.52. The highest BCUT2D eigenvalue weighted by Crippen LogP contribution is 2.29. The molecule has 0 fully saturated rings. The van der Waals surface area contributed by atoms with Gasteiger partial charge in [0.2, 0.25) is 5.91 Å². The van der Waals surface area contributed by atoms with Crippen molar-refractivity contribution in [1.82, 2.24) is 0 Å². The van der Waals surface area contributed by atoms with Crippen molar-refractivity contribution in [2.45, 2.75) is 18.1 Å². The monoisotopic (exact) mass is 358 g/mol. The van der Waals surface area contributed by atoms with Crippen molar-refractivity contribution >= 4 is 45.9 Å². The van der Waals surface area contributed by atoms with Gasteiger partial charge in [-0.1, -0.05) is 59.8 Å². The number of aliphatic imine (C=N–C) groups is 1. The molecule has 3 rings (SSSR count). The van der Waals surface area contributed by atoms with Crippen LogP contribution in [-0.4, -0.2) is 22.1 Å². The molecule has 1 aliphatic rings. The molecule has 6 heteroatoms. The van der Waals surface area contributed by atoms with Gasteiger partial charge < -0.3 is 5.32 Å². The molecule has 1 atom stereocenters. The van der Waals surface area contributed by atoms with Crippen LogP contribution in [0.4, 0.5) is 5.69 Å². The highest BCUT2D eigenvalue weighted by atomic mass is 35.5. The largest absolute Gasteiger partial charge is 0.326 e. The van der Waals surface area contributed by atoms with Crippen molar-refractivity contribution in [2.24, 2.45) is 4.99 Å². The zero-order valence-electron chi connectivity index (χ0n) is 12.7. The Morgan fingerprint density at radius 1 is 1.12 bits per heavy atom. The van der Waals surface area contributed by atoms with Crippen LogP contribution in [0.5, 0.6) is 0 Å². The molecule has 1 N–H and O–H groups in total. The van der Waals surface area contributed by atoms with Gasteiger partial charge in [-0.3, -0.25) is 9.59 Å². The number of nitrogens with zero attached hydrogens (tertiary/aromatic N) is 1. The summed E-state index contributed by atoms with van der Waals surface area (Å²) in [5.41, 5.74) is 1.64. The third kappa shape index (κ3) is 4.24. The average molecular weight is 359 g/mol. The Kier molecular flexibility index (Phi) is 5.33. The molecule has 24 heavy (non-hydrogen) atoms. The number of benzene rings is 2. The summed E-state index contributed by atoms with van der Waals surface area (Å²) in [6.07, 6.45) is 0.612. The van der Waals surface area contributed by atoms with Gasteiger partial charge in [0.05, 0.1) is 5.04 Å². The molecule has 0 bridgehead atoms. The molecule has 0 aromatic heterocycles. The Hall–Kier alpha value is -2.11. The minimum atomic E-state index is -0.466. The molecule has 0 saturated heterocycles. The van der Waals surface area contributed by atoms with Crippen LogP contribution in [0.1, 0.15) is 12.0 Å². The van der Waals surface area contributed by atoms with Crippen LogP contribution >= 0.6 is 23.4 Å².